The zero-order valence-electron chi connectivity index (χ0n) is 11.3. The predicted octanol–water partition coefficient (Wildman–Crippen LogP) is 3.08. The van der Waals surface area contributed by atoms with Crippen LogP contribution in [0.15, 0.2) is 28.7 Å². The van der Waals surface area contributed by atoms with Gasteiger partial charge in [-0.1, -0.05) is 31.5 Å². The van der Waals surface area contributed by atoms with Gasteiger partial charge < -0.3 is 14.8 Å². The third kappa shape index (κ3) is 2.96. The van der Waals surface area contributed by atoms with Gasteiger partial charge in [-0.05, 0) is 19.4 Å². The van der Waals surface area contributed by atoms with Gasteiger partial charge >= 0.3 is 5.97 Å². The fourth-order valence-corrected chi connectivity index (χ4v) is 2.27. The van der Waals surface area contributed by atoms with E-state index in [0.717, 1.165) is 28.7 Å². The Bertz CT molecular complexity index is 574. The molecular weight excluding hydrogens is 242 g/mol. The van der Waals surface area contributed by atoms with Crippen molar-refractivity contribution in [1.82, 2.24) is 5.32 Å². The van der Waals surface area contributed by atoms with Crippen molar-refractivity contribution in [2.75, 3.05) is 0 Å². The van der Waals surface area contributed by atoms with Gasteiger partial charge in [-0.2, -0.15) is 0 Å². The molecule has 0 spiro atoms. The van der Waals surface area contributed by atoms with E-state index >= 15 is 0 Å². The second-order valence-electron chi connectivity index (χ2n) is 4.69. The van der Waals surface area contributed by atoms with Crippen LogP contribution in [0.25, 0.3) is 11.0 Å². The van der Waals surface area contributed by atoms with Crippen LogP contribution < -0.4 is 5.32 Å². The van der Waals surface area contributed by atoms with Crippen molar-refractivity contribution in [3.63, 3.8) is 0 Å². The van der Waals surface area contributed by atoms with Gasteiger partial charge in [0.25, 0.3) is 0 Å². The lowest BCUT2D eigenvalue weighted by molar-refractivity contribution is -0.139. The monoisotopic (exact) mass is 261 g/mol. The highest BCUT2D eigenvalue weighted by Gasteiger charge is 2.17. The highest BCUT2D eigenvalue weighted by atomic mass is 16.4. The van der Waals surface area contributed by atoms with Gasteiger partial charge in [-0.3, -0.25) is 4.79 Å². The molecule has 4 heteroatoms. The van der Waals surface area contributed by atoms with E-state index in [-0.39, 0.29) is 0 Å². The van der Waals surface area contributed by atoms with Crippen LogP contribution in [-0.2, 0) is 11.3 Å². The van der Waals surface area contributed by atoms with Crippen LogP contribution in [0.2, 0.25) is 0 Å². The fourth-order valence-electron chi connectivity index (χ4n) is 2.27. The average Bonchev–Trinajstić information content (AvgIpc) is 2.70. The minimum atomic E-state index is -0.799. The Kier molecular flexibility index (Phi) is 4.22. The first-order chi connectivity index (χ1) is 9.13. The summed E-state index contributed by atoms with van der Waals surface area (Å²) in [6, 6.07) is 7.31. The molecule has 1 aromatic heterocycles. The molecular formula is C15H19NO3. The number of benzene rings is 1. The number of carboxylic acid groups (broad SMARTS) is 1. The molecule has 4 nitrogen and oxygen atoms in total. The summed E-state index contributed by atoms with van der Waals surface area (Å²) in [7, 11) is 0. The van der Waals surface area contributed by atoms with E-state index in [4.69, 9.17) is 9.52 Å². The molecule has 1 unspecified atom stereocenters. The van der Waals surface area contributed by atoms with Crippen molar-refractivity contribution >= 4 is 16.9 Å². The zero-order valence-corrected chi connectivity index (χ0v) is 11.3. The molecule has 19 heavy (non-hydrogen) atoms. The molecule has 2 rings (SSSR count). The number of hydrogen-bond acceptors (Lipinski definition) is 3. The number of furan rings is 1. The Balaban J connectivity index is 2.17. The number of para-hydroxylation sites is 1. The van der Waals surface area contributed by atoms with Gasteiger partial charge in [0.15, 0.2) is 0 Å². The Hall–Kier alpha value is -1.81. The number of aryl methyl sites for hydroxylation is 1. The smallest absolute Gasteiger partial charge is 0.320 e. The molecule has 0 radical (unpaired) electrons. The minimum absolute atomic E-state index is 0.502. The number of hydrogen-bond donors (Lipinski definition) is 2. The highest BCUT2D eigenvalue weighted by molar-refractivity contribution is 5.82. The van der Waals surface area contributed by atoms with Crippen LogP contribution >= 0.6 is 0 Å². The lowest BCUT2D eigenvalue weighted by Crippen LogP contribution is -2.36. The van der Waals surface area contributed by atoms with Gasteiger partial charge in [0.05, 0.1) is 0 Å². The van der Waals surface area contributed by atoms with E-state index in [2.05, 4.69) is 5.32 Å². The molecule has 2 aromatic rings. The third-order valence-electron chi connectivity index (χ3n) is 3.30. The summed E-state index contributed by atoms with van der Waals surface area (Å²) in [5.74, 6) is 0.0432. The largest absolute Gasteiger partial charge is 0.480 e. The Morgan fingerprint density at radius 2 is 2.16 bits per heavy atom. The predicted molar refractivity (Wildman–Crippen MR) is 74.1 cm³/mol. The molecule has 0 aliphatic rings. The molecule has 0 saturated carbocycles. The van der Waals surface area contributed by atoms with E-state index in [1.165, 1.54) is 0 Å². The molecule has 2 N–H and O–H groups in total. The highest BCUT2D eigenvalue weighted by Crippen LogP contribution is 2.25. The Labute approximate surface area is 112 Å². The van der Waals surface area contributed by atoms with Crippen molar-refractivity contribution in [3.8, 4) is 0 Å². The first-order valence-electron chi connectivity index (χ1n) is 6.56. The van der Waals surface area contributed by atoms with E-state index in [1.54, 1.807) is 0 Å². The SMILES string of the molecule is CCCC(NCc1c(C)oc2ccccc12)C(=O)O. The maximum Gasteiger partial charge on any atom is 0.320 e. The number of nitrogens with one attached hydrogen (secondary N) is 1. The maximum absolute atomic E-state index is 11.1. The van der Waals surface area contributed by atoms with Crippen LogP contribution in [0.5, 0.6) is 0 Å². The molecule has 0 aliphatic carbocycles. The quantitative estimate of drug-likeness (QED) is 0.838. The molecule has 0 fully saturated rings. The minimum Gasteiger partial charge on any atom is -0.480 e. The number of aliphatic carboxylic acids is 1. The van der Waals surface area contributed by atoms with Gasteiger partial charge in [-0.15, -0.1) is 0 Å². The van der Waals surface area contributed by atoms with Crippen molar-refractivity contribution in [2.45, 2.75) is 39.3 Å². The Morgan fingerprint density at radius 3 is 2.84 bits per heavy atom. The first-order valence-corrected chi connectivity index (χ1v) is 6.56. The van der Waals surface area contributed by atoms with Crippen LogP contribution in [0.3, 0.4) is 0 Å². The van der Waals surface area contributed by atoms with Crippen LogP contribution in [0, 0.1) is 6.92 Å². The molecule has 0 saturated heterocycles. The first kappa shape index (κ1) is 13.6. The molecule has 1 aromatic carbocycles. The van der Waals surface area contributed by atoms with Crippen LogP contribution in [-0.4, -0.2) is 17.1 Å². The van der Waals surface area contributed by atoms with Gasteiger partial charge in [0.1, 0.15) is 17.4 Å². The number of fused-ring (bicyclic) bond motifs is 1. The lowest BCUT2D eigenvalue weighted by Gasteiger charge is -2.13. The van der Waals surface area contributed by atoms with Crippen molar-refractivity contribution < 1.29 is 14.3 Å². The second kappa shape index (κ2) is 5.89. The van der Waals surface area contributed by atoms with Gasteiger partial charge in [-0.25, -0.2) is 0 Å². The topological polar surface area (TPSA) is 62.5 Å². The van der Waals surface area contributed by atoms with Gasteiger partial charge in [0, 0.05) is 17.5 Å². The molecule has 0 bridgehead atoms. The van der Waals surface area contributed by atoms with Crippen LogP contribution in [0.1, 0.15) is 31.1 Å². The zero-order chi connectivity index (χ0) is 13.8. The number of rotatable bonds is 6. The standard InChI is InChI=1S/C15H19NO3/c1-3-6-13(15(17)18)16-9-12-10(2)19-14-8-5-4-7-11(12)14/h4-5,7-8,13,16H,3,6,9H2,1-2H3,(H,17,18). The summed E-state index contributed by atoms with van der Waals surface area (Å²) in [6.45, 7) is 4.41. The second-order valence-corrected chi connectivity index (χ2v) is 4.69. The summed E-state index contributed by atoms with van der Waals surface area (Å²) in [5, 5.41) is 13.3. The average molecular weight is 261 g/mol. The molecule has 0 aliphatic heterocycles. The number of carbonyl (C=O) groups is 1. The molecule has 0 amide bonds. The summed E-state index contributed by atoms with van der Waals surface area (Å²) in [5.41, 5.74) is 1.89. The number of carboxylic acids is 1. The van der Waals surface area contributed by atoms with E-state index in [1.807, 2.05) is 38.1 Å². The fraction of sp³-hybridized carbons (Fsp3) is 0.400. The van der Waals surface area contributed by atoms with E-state index in [0.29, 0.717) is 13.0 Å². The molecule has 1 heterocycles. The summed E-state index contributed by atoms with van der Waals surface area (Å²) in [6.07, 6.45) is 1.47. The summed E-state index contributed by atoms with van der Waals surface area (Å²) < 4.78 is 5.66. The molecule has 1 atom stereocenters. The Morgan fingerprint density at radius 1 is 1.42 bits per heavy atom. The van der Waals surface area contributed by atoms with Gasteiger partial charge in [0.2, 0.25) is 0 Å². The van der Waals surface area contributed by atoms with E-state index < -0.39 is 12.0 Å². The van der Waals surface area contributed by atoms with Crippen molar-refractivity contribution in [3.05, 3.63) is 35.6 Å². The third-order valence-corrected chi connectivity index (χ3v) is 3.30. The van der Waals surface area contributed by atoms with Crippen molar-refractivity contribution in [2.24, 2.45) is 0 Å². The summed E-state index contributed by atoms with van der Waals surface area (Å²) in [4.78, 5) is 11.1. The van der Waals surface area contributed by atoms with Crippen LogP contribution in [0.4, 0.5) is 0 Å². The maximum atomic E-state index is 11.1. The van der Waals surface area contributed by atoms with Crippen molar-refractivity contribution in [1.29, 1.82) is 0 Å². The normalized spacial score (nSPS) is 12.7. The molecule has 102 valence electrons. The summed E-state index contributed by atoms with van der Waals surface area (Å²) >= 11 is 0. The lowest BCUT2D eigenvalue weighted by atomic mass is 10.1. The van der Waals surface area contributed by atoms with E-state index in [9.17, 15) is 4.79 Å².